The summed E-state index contributed by atoms with van der Waals surface area (Å²) in [5, 5.41) is 0. The zero-order chi connectivity index (χ0) is 18.2. The largest absolute Gasteiger partial charge is 0.497 e. The molecule has 0 unspecified atom stereocenters. The summed E-state index contributed by atoms with van der Waals surface area (Å²) >= 11 is 0. The Morgan fingerprint density at radius 3 is 1.92 bits per heavy atom. The van der Waals surface area contributed by atoms with Crippen LogP contribution in [0.15, 0.2) is 42.5 Å². The first kappa shape index (κ1) is 21.5. The van der Waals surface area contributed by atoms with Crippen molar-refractivity contribution < 1.29 is 4.74 Å². The van der Waals surface area contributed by atoms with E-state index >= 15 is 0 Å². The van der Waals surface area contributed by atoms with Crippen molar-refractivity contribution >= 4 is 5.57 Å². The number of benzene rings is 1. The molecule has 0 aromatic heterocycles. The molecule has 1 heteroatoms. The molecule has 0 N–H and O–H groups in total. The maximum absolute atomic E-state index is 5.26. The topological polar surface area (TPSA) is 9.23 Å². The SMILES string of the molecule is C/C=C/C=C(\CCCCCCCCCCCC)c1ccc(OC)cc1. The van der Waals surface area contributed by atoms with Crippen molar-refractivity contribution in [2.75, 3.05) is 7.11 Å². The average molecular weight is 343 g/mol. The van der Waals surface area contributed by atoms with Gasteiger partial charge in [0.1, 0.15) is 5.75 Å². The minimum absolute atomic E-state index is 0.924. The van der Waals surface area contributed by atoms with Crippen LogP contribution in [0.5, 0.6) is 5.75 Å². The summed E-state index contributed by atoms with van der Waals surface area (Å²) in [6, 6.07) is 8.45. The highest BCUT2D eigenvalue weighted by Gasteiger charge is 2.02. The quantitative estimate of drug-likeness (QED) is 0.246. The maximum Gasteiger partial charge on any atom is 0.118 e. The Hall–Kier alpha value is -1.50. The van der Waals surface area contributed by atoms with Crippen LogP contribution in [0, 0.1) is 0 Å². The van der Waals surface area contributed by atoms with E-state index in [1.807, 2.05) is 0 Å². The van der Waals surface area contributed by atoms with E-state index in [1.165, 1.54) is 75.3 Å². The molecule has 1 aromatic carbocycles. The number of allylic oxidation sites excluding steroid dienone is 4. The summed E-state index contributed by atoms with van der Waals surface area (Å²) in [5.74, 6) is 0.924. The summed E-state index contributed by atoms with van der Waals surface area (Å²) in [4.78, 5) is 0. The van der Waals surface area contributed by atoms with E-state index < -0.39 is 0 Å². The van der Waals surface area contributed by atoms with Crippen LogP contribution >= 0.6 is 0 Å². The zero-order valence-corrected chi connectivity index (χ0v) is 16.7. The Balaban J connectivity index is 2.27. The standard InChI is InChI=1S/C24H38O/c1-4-6-8-9-10-11-12-13-14-15-17-22(16-7-5-2)23-18-20-24(25-3)21-19-23/h5,7,16,18-21H,4,6,8-15,17H2,1-3H3/b7-5+,22-16+. The molecular formula is C24H38O. The number of rotatable bonds is 14. The van der Waals surface area contributed by atoms with Crippen LogP contribution in [0.4, 0.5) is 0 Å². The lowest BCUT2D eigenvalue weighted by Crippen LogP contribution is -1.88. The molecule has 140 valence electrons. The molecule has 0 aliphatic carbocycles. The summed E-state index contributed by atoms with van der Waals surface area (Å²) in [6.45, 7) is 4.35. The fourth-order valence-corrected chi connectivity index (χ4v) is 3.14. The zero-order valence-electron chi connectivity index (χ0n) is 16.7. The minimum Gasteiger partial charge on any atom is -0.497 e. The molecule has 0 saturated carbocycles. The summed E-state index contributed by atoms with van der Waals surface area (Å²) in [5.41, 5.74) is 2.75. The second-order valence-electron chi connectivity index (χ2n) is 6.88. The Bertz CT molecular complexity index is 481. The van der Waals surface area contributed by atoms with Gasteiger partial charge in [-0.3, -0.25) is 0 Å². The van der Waals surface area contributed by atoms with E-state index in [0.717, 1.165) is 12.2 Å². The minimum atomic E-state index is 0.924. The second-order valence-corrected chi connectivity index (χ2v) is 6.88. The van der Waals surface area contributed by atoms with E-state index in [9.17, 15) is 0 Å². The van der Waals surface area contributed by atoms with Crippen LogP contribution in [-0.2, 0) is 0 Å². The maximum atomic E-state index is 5.26. The van der Waals surface area contributed by atoms with Gasteiger partial charge in [-0.1, -0.05) is 95.1 Å². The van der Waals surface area contributed by atoms with Gasteiger partial charge in [-0.15, -0.1) is 0 Å². The molecule has 0 spiro atoms. The summed E-state index contributed by atoms with van der Waals surface area (Å²) < 4.78 is 5.26. The van der Waals surface area contributed by atoms with Gasteiger partial charge in [0.15, 0.2) is 0 Å². The third-order valence-corrected chi connectivity index (χ3v) is 4.75. The lowest BCUT2D eigenvalue weighted by molar-refractivity contribution is 0.415. The van der Waals surface area contributed by atoms with Gasteiger partial charge < -0.3 is 4.74 Å². The molecule has 0 atom stereocenters. The van der Waals surface area contributed by atoms with Crippen molar-refractivity contribution in [1.29, 1.82) is 0 Å². The summed E-state index contributed by atoms with van der Waals surface area (Å²) in [6.07, 6.45) is 21.5. The molecule has 0 aliphatic rings. The normalized spacial score (nSPS) is 12.0. The second kappa shape index (κ2) is 14.8. The van der Waals surface area contributed by atoms with Gasteiger partial charge >= 0.3 is 0 Å². The lowest BCUT2D eigenvalue weighted by Gasteiger charge is -2.09. The molecule has 1 nitrogen and oxygen atoms in total. The average Bonchev–Trinajstić information content (AvgIpc) is 2.66. The Morgan fingerprint density at radius 2 is 1.40 bits per heavy atom. The number of ether oxygens (including phenoxy) is 1. The van der Waals surface area contributed by atoms with Gasteiger partial charge in [0.25, 0.3) is 0 Å². The monoisotopic (exact) mass is 342 g/mol. The highest BCUT2D eigenvalue weighted by Crippen LogP contribution is 2.24. The number of methoxy groups -OCH3 is 1. The van der Waals surface area contributed by atoms with E-state index in [2.05, 4.69) is 56.3 Å². The predicted octanol–water partition coefficient (Wildman–Crippen LogP) is 7.97. The fourth-order valence-electron chi connectivity index (χ4n) is 3.14. The molecule has 0 amide bonds. The molecule has 0 aliphatic heterocycles. The first-order chi connectivity index (χ1) is 12.3. The molecule has 0 radical (unpaired) electrons. The van der Waals surface area contributed by atoms with Gasteiger partial charge in [0, 0.05) is 0 Å². The van der Waals surface area contributed by atoms with Crippen molar-refractivity contribution in [3.63, 3.8) is 0 Å². The molecule has 0 heterocycles. The Kier molecular flexibility index (Phi) is 12.8. The van der Waals surface area contributed by atoms with Crippen molar-refractivity contribution in [2.45, 2.75) is 84.5 Å². The van der Waals surface area contributed by atoms with E-state index in [-0.39, 0.29) is 0 Å². The highest BCUT2D eigenvalue weighted by molar-refractivity contribution is 5.67. The van der Waals surface area contributed by atoms with Crippen LogP contribution < -0.4 is 4.74 Å². The van der Waals surface area contributed by atoms with Gasteiger partial charge in [-0.25, -0.2) is 0 Å². The van der Waals surface area contributed by atoms with Crippen LogP contribution in [-0.4, -0.2) is 7.11 Å². The van der Waals surface area contributed by atoms with Crippen molar-refractivity contribution in [3.05, 3.63) is 48.1 Å². The molecule has 0 bridgehead atoms. The van der Waals surface area contributed by atoms with Crippen LogP contribution in [0.3, 0.4) is 0 Å². The number of hydrogen-bond donors (Lipinski definition) is 0. The molecule has 0 saturated heterocycles. The van der Waals surface area contributed by atoms with E-state index in [0.29, 0.717) is 0 Å². The number of hydrogen-bond acceptors (Lipinski definition) is 1. The van der Waals surface area contributed by atoms with Crippen LogP contribution in [0.25, 0.3) is 5.57 Å². The van der Waals surface area contributed by atoms with Crippen LogP contribution in [0.1, 0.15) is 90.0 Å². The Labute approximate surface area is 156 Å². The molecular weight excluding hydrogens is 304 g/mol. The first-order valence-electron chi connectivity index (χ1n) is 10.3. The van der Waals surface area contributed by atoms with Gasteiger partial charge in [-0.2, -0.15) is 0 Å². The lowest BCUT2D eigenvalue weighted by atomic mass is 9.98. The molecule has 1 rings (SSSR count). The summed E-state index contributed by atoms with van der Waals surface area (Å²) in [7, 11) is 1.72. The first-order valence-corrected chi connectivity index (χ1v) is 10.3. The predicted molar refractivity (Wildman–Crippen MR) is 112 cm³/mol. The molecule has 25 heavy (non-hydrogen) atoms. The molecule has 0 fully saturated rings. The smallest absolute Gasteiger partial charge is 0.118 e. The van der Waals surface area contributed by atoms with E-state index in [1.54, 1.807) is 7.11 Å². The van der Waals surface area contributed by atoms with Crippen molar-refractivity contribution in [3.8, 4) is 5.75 Å². The number of unbranched alkanes of at least 4 members (excludes halogenated alkanes) is 9. The van der Waals surface area contributed by atoms with Gasteiger partial charge in [0.05, 0.1) is 7.11 Å². The van der Waals surface area contributed by atoms with Crippen molar-refractivity contribution in [1.82, 2.24) is 0 Å². The van der Waals surface area contributed by atoms with Gasteiger partial charge in [0.2, 0.25) is 0 Å². The molecule has 1 aromatic rings. The van der Waals surface area contributed by atoms with E-state index in [4.69, 9.17) is 4.74 Å². The third kappa shape index (κ3) is 10.2. The van der Waals surface area contributed by atoms with Crippen molar-refractivity contribution in [2.24, 2.45) is 0 Å². The van der Waals surface area contributed by atoms with Crippen LogP contribution in [0.2, 0.25) is 0 Å². The highest BCUT2D eigenvalue weighted by atomic mass is 16.5. The van der Waals surface area contributed by atoms with Gasteiger partial charge in [-0.05, 0) is 43.0 Å². The Morgan fingerprint density at radius 1 is 0.840 bits per heavy atom. The third-order valence-electron chi connectivity index (χ3n) is 4.75. The fraction of sp³-hybridized carbons (Fsp3) is 0.583.